The number of fused-ring (bicyclic) bond motifs is 1. The van der Waals surface area contributed by atoms with E-state index in [1.165, 1.54) is 0 Å². The first kappa shape index (κ1) is 7.06. The maximum Gasteiger partial charge on any atom is 0.170 e. The number of aromatic nitrogens is 3. The van der Waals surface area contributed by atoms with Crippen LogP contribution in [0.5, 0.6) is 0 Å². The van der Waals surface area contributed by atoms with E-state index in [1.807, 2.05) is 6.20 Å². The van der Waals surface area contributed by atoms with Crippen LogP contribution in [-0.4, -0.2) is 14.4 Å². The summed E-state index contributed by atoms with van der Waals surface area (Å²) in [7, 11) is 0. The number of hydrogen-bond donors (Lipinski definition) is 0. The molecule has 0 aliphatic carbocycles. The van der Waals surface area contributed by atoms with E-state index >= 15 is 0 Å². The molecule has 0 saturated carbocycles. The Bertz CT molecular complexity index is 398. The first-order chi connectivity index (χ1) is 5.27. The van der Waals surface area contributed by atoms with Gasteiger partial charge in [-0.3, -0.25) is 0 Å². The summed E-state index contributed by atoms with van der Waals surface area (Å²) in [6.07, 6.45) is 5.21. The summed E-state index contributed by atoms with van der Waals surface area (Å²) >= 11 is 8.94. The van der Waals surface area contributed by atoms with Crippen molar-refractivity contribution in [1.82, 2.24) is 14.4 Å². The van der Waals surface area contributed by atoms with Gasteiger partial charge in [0.25, 0.3) is 0 Å². The largest absolute Gasteiger partial charge is 0.302 e. The highest BCUT2D eigenvalue weighted by Crippen LogP contribution is 2.16. The lowest BCUT2D eigenvalue weighted by molar-refractivity contribution is 1.11. The SMILES string of the molecule is Clc1cn2ccnc2c(Br)n1. The number of rotatable bonds is 0. The molecule has 0 radical (unpaired) electrons. The van der Waals surface area contributed by atoms with E-state index in [1.54, 1.807) is 16.8 Å². The molecule has 0 saturated heterocycles. The first-order valence-corrected chi connectivity index (χ1v) is 4.09. The summed E-state index contributed by atoms with van der Waals surface area (Å²) in [6.45, 7) is 0. The Morgan fingerprint density at radius 2 is 2.36 bits per heavy atom. The van der Waals surface area contributed by atoms with Crippen LogP contribution in [0.3, 0.4) is 0 Å². The summed E-state index contributed by atoms with van der Waals surface area (Å²) in [6, 6.07) is 0. The summed E-state index contributed by atoms with van der Waals surface area (Å²) in [5, 5.41) is 0.447. The zero-order valence-corrected chi connectivity index (χ0v) is 7.67. The van der Waals surface area contributed by atoms with Crippen LogP contribution < -0.4 is 0 Å². The number of halogens is 2. The fourth-order valence-corrected chi connectivity index (χ4v) is 1.65. The van der Waals surface area contributed by atoms with Crippen molar-refractivity contribution in [3.63, 3.8) is 0 Å². The van der Waals surface area contributed by atoms with Crippen LogP contribution in [0.4, 0.5) is 0 Å². The van der Waals surface area contributed by atoms with Crippen molar-refractivity contribution < 1.29 is 0 Å². The lowest BCUT2D eigenvalue weighted by Crippen LogP contribution is -1.87. The Kier molecular flexibility index (Phi) is 1.58. The fourth-order valence-electron chi connectivity index (χ4n) is 0.864. The molecule has 0 aliphatic rings. The van der Waals surface area contributed by atoms with E-state index < -0.39 is 0 Å². The van der Waals surface area contributed by atoms with Crippen LogP contribution in [0.25, 0.3) is 5.65 Å². The lowest BCUT2D eigenvalue weighted by atomic mass is 10.7. The summed E-state index contributed by atoms with van der Waals surface area (Å²) < 4.78 is 2.47. The van der Waals surface area contributed by atoms with Gasteiger partial charge in [0.15, 0.2) is 10.3 Å². The Morgan fingerprint density at radius 1 is 1.55 bits per heavy atom. The second-order valence-corrected chi connectivity index (χ2v) is 3.15. The highest BCUT2D eigenvalue weighted by atomic mass is 79.9. The Hall–Kier alpha value is -0.610. The van der Waals surface area contributed by atoms with Gasteiger partial charge in [0.2, 0.25) is 0 Å². The van der Waals surface area contributed by atoms with Crippen molar-refractivity contribution in [2.75, 3.05) is 0 Å². The second-order valence-electron chi connectivity index (χ2n) is 2.01. The zero-order chi connectivity index (χ0) is 7.84. The van der Waals surface area contributed by atoms with Gasteiger partial charge in [-0.2, -0.15) is 0 Å². The Labute approximate surface area is 76.2 Å². The summed E-state index contributed by atoms with van der Waals surface area (Å²) in [5.41, 5.74) is 0.773. The van der Waals surface area contributed by atoms with Gasteiger partial charge in [0.05, 0.1) is 0 Å². The van der Waals surface area contributed by atoms with E-state index in [2.05, 4.69) is 25.9 Å². The van der Waals surface area contributed by atoms with E-state index in [-0.39, 0.29) is 0 Å². The lowest BCUT2D eigenvalue weighted by Gasteiger charge is -1.95. The topological polar surface area (TPSA) is 30.2 Å². The summed E-state index contributed by atoms with van der Waals surface area (Å²) in [4.78, 5) is 8.03. The van der Waals surface area contributed by atoms with E-state index in [4.69, 9.17) is 11.6 Å². The van der Waals surface area contributed by atoms with Crippen molar-refractivity contribution in [2.45, 2.75) is 0 Å². The molecule has 0 aromatic carbocycles. The molecule has 0 atom stereocenters. The second kappa shape index (κ2) is 2.46. The van der Waals surface area contributed by atoms with E-state index in [0.717, 1.165) is 5.65 Å². The van der Waals surface area contributed by atoms with E-state index in [0.29, 0.717) is 9.76 Å². The zero-order valence-electron chi connectivity index (χ0n) is 5.33. The molecule has 2 heterocycles. The molecule has 3 nitrogen and oxygen atoms in total. The average molecular weight is 232 g/mol. The van der Waals surface area contributed by atoms with Crippen LogP contribution in [0.1, 0.15) is 0 Å². The number of hydrogen-bond acceptors (Lipinski definition) is 2. The van der Waals surface area contributed by atoms with Crippen LogP contribution in [0, 0.1) is 0 Å². The van der Waals surface area contributed by atoms with Crippen molar-refractivity contribution in [3.05, 3.63) is 28.3 Å². The molecule has 5 heteroatoms. The highest BCUT2D eigenvalue weighted by molar-refractivity contribution is 9.10. The number of imidazole rings is 1. The first-order valence-electron chi connectivity index (χ1n) is 2.92. The molecule has 0 amide bonds. The van der Waals surface area contributed by atoms with Gasteiger partial charge in [0, 0.05) is 18.6 Å². The van der Waals surface area contributed by atoms with Gasteiger partial charge in [-0.25, -0.2) is 9.97 Å². The molecule has 11 heavy (non-hydrogen) atoms. The van der Waals surface area contributed by atoms with Crippen LogP contribution in [0.2, 0.25) is 5.15 Å². The van der Waals surface area contributed by atoms with E-state index in [9.17, 15) is 0 Å². The molecule has 2 aromatic heterocycles. The maximum absolute atomic E-state index is 5.69. The van der Waals surface area contributed by atoms with Crippen LogP contribution in [-0.2, 0) is 0 Å². The van der Waals surface area contributed by atoms with Crippen molar-refractivity contribution >= 4 is 33.2 Å². The van der Waals surface area contributed by atoms with Gasteiger partial charge in [0.1, 0.15) is 5.15 Å². The average Bonchev–Trinajstić information content (AvgIpc) is 2.34. The monoisotopic (exact) mass is 231 g/mol. The summed E-state index contributed by atoms with van der Waals surface area (Å²) in [5.74, 6) is 0. The Balaban J connectivity index is 2.91. The molecule has 2 aromatic rings. The van der Waals surface area contributed by atoms with Gasteiger partial charge in [-0.05, 0) is 15.9 Å². The number of nitrogens with zero attached hydrogens (tertiary/aromatic N) is 3. The molecule has 2 rings (SSSR count). The van der Waals surface area contributed by atoms with Gasteiger partial charge >= 0.3 is 0 Å². The van der Waals surface area contributed by atoms with Crippen molar-refractivity contribution in [2.24, 2.45) is 0 Å². The molecule has 0 N–H and O–H groups in total. The van der Waals surface area contributed by atoms with Crippen molar-refractivity contribution in [3.8, 4) is 0 Å². The predicted molar refractivity (Wildman–Crippen MR) is 45.7 cm³/mol. The third-order valence-electron chi connectivity index (χ3n) is 1.30. The Morgan fingerprint density at radius 3 is 3.18 bits per heavy atom. The molecule has 56 valence electrons. The molecule has 0 bridgehead atoms. The quantitative estimate of drug-likeness (QED) is 0.697. The van der Waals surface area contributed by atoms with Gasteiger partial charge in [-0.1, -0.05) is 11.6 Å². The highest BCUT2D eigenvalue weighted by Gasteiger charge is 2.01. The van der Waals surface area contributed by atoms with Gasteiger partial charge < -0.3 is 4.40 Å². The van der Waals surface area contributed by atoms with Gasteiger partial charge in [-0.15, -0.1) is 0 Å². The third kappa shape index (κ3) is 1.12. The minimum absolute atomic E-state index is 0.447. The molecule has 0 unspecified atom stereocenters. The van der Waals surface area contributed by atoms with Crippen LogP contribution in [0.15, 0.2) is 23.2 Å². The smallest absolute Gasteiger partial charge is 0.170 e. The molecule has 0 spiro atoms. The fraction of sp³-hybridized carbons (Fsp3) is 0. The molecule has 0 aliphatic heterocycles. The maximum atomic E-state index is 5.69. The minimum Gasteiger partial charge on any atom is -0.302 e. The molecular formula is C6H3BrClN3. The molecule has 0 fully saturated rings. The molecular weight excluding hydrogens is 229 g/mol. The van der Waals surface area contributed by atoms with Crippen LogP contribution >= 0.6 is 27.5 Å². The standard InChI is InChI=1S/C6H3BrClN3/c7-5-6-9-1-2-11(6)3-4(8)10-5/h1-3H. The third-order valence-corrected chi connectivity index (χ3v) is 2.02. The predicted octanol–water partition coefficient (Wildman–Crippen LogP) is 2.15. The minimum atomic E-state index is 0.447. The van der Waals surface area contributed by atoms with Crippen molar-refractivity contribution in [1.29, 1.82) is 0 Å². The normalized spacial score (nSPS) is 10.7.